The summed E-state index contributed by atoms with van der Waals surface area (Å²) in [6.45, 7) is 5.07. The number of nitrogens with one attached hydrogen (secondary N) is 1. The first-order chi connectivity index (χ1) is 19.7. The first-order valence-electron chi connectivity index (χ1n) is 13.5. The van der Waals surface area contributed by atoms with E-state index in [2.05, 4.69) is 17.0 Å². The third kappa shape index (κ3) is 4.42. The average molecular weight is 570 g/mol. The minimum Gasteiger partial charge on any atom is -0.398 e. The van der Waals surface area contributed by atoms with Crippen LogP contribution in [0.1, 0.15) is 50.9 Å². The minimum absolute atomic E-state index is 0.170. The molecule has 2 aromatic carbocycles. The van der Waals surface area contributed by atoms with Crippen LogP contribution in [0.15, 0.2) is 67.4 Å². The van der Waals surface area contributed by atoms with Gasteiger partial charge in [-0.2, -0.15) is 5.10 Å². The molecule has 1 saturated heterocycles. The number of likely N-dealkylation sites (tertiary alicyclic amines) is 1. The van der Waals surface area contributed by atoms with Gasteiger partial charge in [0.05, 0.1) is 27.9 Å². The molecular formula is C30H31N7O3S. The summed E-state index contributed by atoms with van der Waals surface area (Å²) in [5, 5.41) is 8.36. The summed E-state index contributed by atoms with van der Waals surface area (Å²) in [6.07, 6.45) is 4.55. The van der Waals surface area contributed by atoms with Gasteiger partial charge in [0.15, 0.2) is 5.78 Å². The topological polar surface area (TPSA) is 162 Å². The number of ketones is 1. The fourth-order valence-electron chi connectivity index (χ4n) is 5.92. The van der Waals surface area contributed by atoms with Crippen LogP contribution in [0.3, 0.4) is 0 Å². The van der Waals surface area contributed by atoms with E-state index in [0.29, 0.717) is 57.1 Å². The first kappa shape index (κ1) is 26.9. The van der Waals surface area contributed by atoms with Crippen LogP contribution in [-0.2, 0) is 21.7 Å². The molecule has 41 heavy (non-hydrogen) atoms. The van der Waals surface area contributed by atoms with Crippen LogP contribution in [0.5, 0.6) is 0 Å². The molecule has 11 heteroatoms. The summed E-state index contributed by atoms with van der Waals surface area (Å²) >= 11 is 1.20. The molecule has 2 amide bonds. The maximum atomic E-state index is 14.0. The van der Waals surface area contributed by atoms with E-state index in [1.165, 1.54) is 17.4 Å². The van der Waals surface area contributed by atoms with E-state index >= 15 is 0 Å². The molecule has 0 saturated carbocycles. The minimum atomic E-state index is -1.62. The van der Waals surface area contributed by atoms with Crippen LogP contribution >= 0.6 is 11.3 Å². The van der Waals surface area contributed by atoms with Gasteiger partial charge in [0, 0.05) is 42.0 Å². The van der Waals surface area contributed by atoms with E-state index in [1.54, 1.807) is 34.0 Å². The molecule has 3 heterocycles. The lowest BCUT2D eigenvalue weighted by atomic mass is 9.72. The second kappa shape index (κ2) is 10.3. The molecule has 2 aliphatic rings. The molecule has 2 aromatic heterocycles. The molecule has 1 fully saturated rings. The molecule has 210 valence electrons. The van der Waals surface area contributed by atoms with Gasteiger partial charge in [-0.25, -0.2) is 0 Å². The molecule has 0 radical (unpaired) electrons. The summed E-state index contributed by atoms with van der Waals surface area (Å²) < 4.78 is 2.38. The van der Waals surface area contributed by atoms with Gasteiger partial charge in [-0.3, -0.25) is 19.1 Å². The molecular weight excluding hydrogens is 538 g/mol. The normalized spacial score (nSPS) is 22.1. The number of nitrogens with two attached hydrogens (primary N) is 3. The number of nitrogens with zero attached hydrogens (tertiary/aromatic N) is 3. The molecule has 6 rings (SSSR count). The number of carbonyl (C=O) groups is 3. The number of carbonyl (C=O) groups excluding carboxylic acids is 3. The zero-order valence-electron chi connectivity index (χ0n) is 22.4. The second-order valence-corrected chi connectivity index (χ2v) is 11.6. The molecule has 1 aliphatic carbocycles. The van der Waals surface area contributed by atoms with Crippen molar-refractivity contribution in [3.05, 3.63) is 94.6 Å². The van der Waals surface area contributed by atoms with Gasteiger partial charge in [0.2, 0.25) is 5.91 Å². The van der Waals surface area contributed by atoms with E-state index in [-0.39, 0.29) is 17.9 Å². The fourth-order valence-corrected chi connectivity index (χ4v) is 7.12. The number of nitrogen functional groups attached to an aromatic ring is 1. The molecule has 4 aromatic rings. The van der Waals surface area contributed by atoms with Crippen molar-refractivity contribution >= 4 is 44.7 Å². The Bertz CT molecular complexity index is 1690. The highest BCUT2D eigenvalue weighted by Gasteiger charge is 2.50. The molecule has 10 nitrogen and oxygen atoms in total. The summed E-state index contributed by atoms with van der Waals surface area (Å²) in [5.74, 6) is -0.977. The van der Waals surface area contributed by atoms with Gasteiger partial charge in [-0.05, 0) is 42.2 Å². The van der Waals surface area contributed by atoms with Gasteiger partial charge in [-0.15, -0.1) is 11.3 Å². The lowest BCUT2D eigenvalue weighted by molar-refractivity contribution is -0.127. The SMILES string of the molecule is C=CC(=O)N1CCCC(NC(=O)c2sc3c(N)ccc4c3c2C(N)C(=O)C4(N)c2ccn(Cc3ccccc3)n2)C1. The standard InChI is InChI=1S/C30H31N7O3S/c1-2-22(38)36-13-6-9-18(16-36)34-29(40)27-24-23-19(10-11-20(31)26(23)41-27)30(33,28(39)25(24)32)21-12-14-37(35-21)15-17-7-4-3-5-8-17/h2-5,7-8,10-12,14,18,25H,1,6,9,13,15-16,31-33H2,(H,34,40). The molecule has 3 atom stereocenters. The fraction of sp³-hybridized carbons (Fsp3) is 0.267. The zero-order valence-corrected chi connectivity index (χ0v) is 23.2. The lowest BCUT2D eigenvalue weighted by Gasteiger charge is -2.35. The van der Waals surface area contributed by atoms with E-state index in [1.807, 2.05) is 30.3 Å². The second-order valence-electron chi connectivity index (χ2n) is 10.6. The molecule has 0 spiro atoms. The number of aromatic nitrogens is 2. The Hall–Kier alpha value is -4.32. The number of benzene rings is 2. The van der Waals surface area contributed by atoms with Crippen molar-refractivity contribution in [2.75, 3.05) is 18.8 Å². The van der Waals surface area contributed by atoms with Crippen molar-refractivity contribution < 1.29 is 14.4 Å². The van der Waals surface area contributed by atoms with Crippen molar-refractivity contribution in [2.24, 2.45) is 11.5 Å². The van der Waals surface area contributed by atoms with Crippen molar-refractivity contribution in [3.63, 3.8) is 0 Å². The van der Waals surface area contributed by atoms with Gasteiger partial charge >= 0.3 is 0 Å². The van der Waals surface area contributed by atoms with Crippen LogP contribution in [0, 0.1) is 0 Å². The maximum Gasteiger partial charge on any atom is 0.262 e. The van der Waals surface area contributed by atoms with Gasteiger partial charge in [0.1, 0.15) is 5.54 Å². The lowest BCUT2D eigenvalue weighted by Crippen LogP contribution is -2.53. The number of rotatable bonds is 6. The van der Waals surface area contributed by atoms with Gasteiger partial charge < -0.3 is 27.4 Å². The van der Waals surface area contributed by atoms with Crippen molar-refractivity contribution in [2.45, 2.75) is 37.0 Å². The highest BCUT2D eigenvalue weighted by atomic mass is 32.1. The summed E-state index contributed by atoms with van der Waals surface area (Å²) in [6, 6.07) is 13.6. The summed E-state index contributed by atoms with van der Waals surface area (Å²) in [7, 11) is 0. The number of hydrogen-bond donors (Lipinski definition) is 4. The Morgan fingerprint density at radius 1 is 1.20 bits per heavy atom. The molecule has 0 bridgehead atoms. The first-order valence-corrected chi connectivity index (χ1v) is 14.3. The number of piperidine rings is 1. The average Bonchev–Trinajstić information content (AvgIpc) is 3.62. The van der Waals surface area contributed by atoms with Crippen LogP contribution in [0.2, 0.25) is 0 Å². The Balaban J connectivity index is 1.38. The van der Waals surface area contributed by atoms with E-state index < -0.39 is 17.4 Å². The quantitative estimate of drug-likeness (QED) is 0.205. The smallest absolute Gasteiger partial charge is 0.262 e. The predicted octanol–water partition coefficient (Wildman–Crippen LogP) is 2.42. The number of Topliss-reactive ketones (excluding diaryl/α,β-unsaturated/α-hetero) is 1. The Labute approximate surface area is 240 Å². The van der Waals surface area contributed by atoms with Crippen LogP contribution in [0.25, 0.3) is 10.1 Å². The largest absolute Gasteiger partial charge is 0.398 e. The summed E-state index contributed by atoms with van der Waals surface area (Å²) in [4.78, 5) is 41.8. The predicted molar refractivity (Wildman–Crippen MR) is 158 cm³/mol. The molecule has 3 unspecified atom stereocenters. The van der Waals surface area contributed by atoms with Crippen LogP contribution < -0.4 is 22.5 Å². The van der Waals surface area contributed by atoms with Crippen LogP contribution in [-0.4, -0.2) is 51.4 Å². The number of hydrogen-bond acceptors (Lipinski definition) is 8. The van der Waals surface area contributed by atoms with E-state index in [9.17, 15) is 14.4 Å². The van der Waals surface area contributed by atoms with Gasteiger partial charge in [0.25, 0.3) is 5.91 Å². The third-order valence-corrected chi connectivity index (χ3v) is 9.25. The Kier molecular flexibility index (Phi) is 6.72. The number of anilines is 1. The van der Waals surface area contributed by atoms with E-state index in [0.717, 1.165) is 18.4 Å². The maximum absolute atomic E-state index is 14.0. The van der Waals surface area contributed by atoms with Crippen LogP contribution in [0.4, 0.5) is 5.69 Å². The Morgan fingerprint density at radius 3 is 2.73 bits per heavy atom. The highest BCUT2D eigenvalue weighted by molar-refractivity contribution is 7.21. The Morgan fingerprint density at radius 2 is 1.98 bits per heavy atom. The molecule has 1 aliphatic heterocycles. The summed E-state index contributed by atoms with van der Waals surface area (Å²) in [5.41, 5.74) is 21.1. The number of amides is 2. The highest BCUT2D eigenvalue weighted by Crippen LogP contribution is 2.49. The van der Waals surface area contributed by atoms with Crippen molar-refractivity contribution in [1.29, 1.82) is 0 Å². The number of thiophene rings is 1. The van der Waals surface area contributed by atoms with Crippen molar-refractivity contribution in [3.8, 4) is 0 Å². The molecule has 7 N–H and O–H groups in total. The third-order valence-electron chi connectivity index (χ3n) is 7.99. The van der Waals surface area contributed by atoms with Crippen molar-refractivity contribution in [1.82, 2.24) is 20.0 Å². The van der Waals surface area contributed by atoms with E-state index in [4.69, 9.17) is 17.2 Å². The zero-order chi connectivity index (χ0) is 28.9. The monoisotopic (exact) mass is 569 g/mol. The van der Waals surface area contributed by atoms with Gasteiger partial charge in [-0.1, -0.05) is 43.0 Å².